The highest BCUT2D eigenvalue weighted by molar-refractivity contribution is 5.78. The number of aromatic nitrogens is 2. The molecule has 2 N–H and O–H groups in total. The van der Waals surface area contributed by atoms with Gasteiger partial charge in [0.05, 0.1) is 13.3 Å². The first-order valence-electron chi connectivity index (χ1n) is 6.76. The van der Waals surface area contributed by atoms with E-state index < -0.39 is 0 Å². The zero-order valence-corrected chi connectivity index (χ0v) is 12.9. The highest BCUT2D eigenvalue weighted by Gasteiger charge is 2.16. The van der Waals surface area contributed by atoms with Gasteiger partial charge in [-0.25, -0.2) is 0 Å². The maximum Gasteiger partial charge on any atom is 0.129 e. The van der Waals surface area contributed by atoms with Crippen LogP contribution in [-0.2, 0) is 13.5 Å². The number of methoxy groups -OCH3 is 1. The molecule has 0 bridgehead atoms. The summed E-state index contributed by atoms with van der Waals surface area (Å²) < 4.78 is 7.13. The first-order chi connectivity index (χ1) is 9.31. The molecule has 0 aliphatic carbocycles. The molecule has 1 aromatic carbocycles. The molecule has 1 heterocycles. The molecular formula is C16H23N3O. The van der Waals surface area contributed by atoms with Gasteiger partial charge in [-0.1, -0.05) is 26.8 Å². The van der Waals surface area contributed by atoms with Crippen LogP contribution >= 0.6 is 0 Å². The fourth-order valence-electron chi connectivity index (χ4n) is 2.34. The molecular weight excluding hydrogens is 250 g/mol. The lowest BCUT2D eigenvalue weighted by molar-refractivity contribution is 0.407. The molecule has 4 heteroatoms. The predicted octanol–water partition coefficient (Wildman–Crippen LogP) is 3.27. The topological polar surface area (TPSA) is 53.1 Å². The third kappa shape index (κ3) is 2.95. The van der Waals surface area contributed by atoms with Crippen LogP contribution in [-0.4, -0.2) is 16.9 Å². The summed E-state index contributed by atoms with van der Waals surface area (Å²) in [6, 6.07) is 6.26. The Bertz CT molecular complexity index is 609. The van der Waals surface area contributed by atoms with Gasteiger partial charge >= 0.3 is 0 Å². The molecule has 0 aliphatic rings. The third-order valence-corrected chi connectivity index (χ3v) is 3.27. The van der Waals surface area contributed by atoms with E-state index in [0.29, 0.717) is 5.82 Å². The Labute approximate surface area is 120 Å². The molecule has 0 atom stereocenters. The summed E-state index contributed by atoms with van der Waals surface area (Å²) in [5.74, 6) is 1.47. The number of hydrogen-bond donors (Lipinski definition) is 1. The van der Waals surface area contributed by atoms with Crippen molar-refractivity contribution in [3.05, 3.63) is 30.0 Å². The maximum atomic E-state index is 6.08. The summed E-state index contributed by atoms with van der Waals surface area (Å²) in [5.41, 5.74) is 9.51. The summed E-state index contributed by atoms with van der Waals surface area (Å²) in [6.45, 7) is 6.69. The lowest BCUT2D eigenvalue weighted by atomic mass is 9.87. The fraction of sp³-hybridized carbons (Fsp3) is 0.438. The number of nitrogen functional groups attached to an aromatic ring is 1. The summed E-state index contributed by atoms with van der Waals surface area (Å²) in [4.78, 5) is 0. The number of aryl methyl sites for hydroxylation is 1. The highest BCUT2D eigenvalue weighted by Crippen LogP contribution is 2.35. The van der Waals surface area contributed by atoms with Crippen molar-refractivity contribution in [2.45, 2.75) is 27.2 Å². The summed E-state index contributed by atoms with van der Waals surface area (Å²) >= 11 is 0. The van der Waals surface area contributed by atoms with E-state index in [1.165, 1.54) is 5.56 Å². The van der Waals surface area contributed by atoms with Gasteiger partial charge in [-0.05, 0) is 29.5 Å². The molecule has 0 saturated carbocycles. The molecule has 4 nitrogen and oxygen atoms in total. The van der Waals surface area contributed by atoms with Crippen LogP contribution in [0, 0.1) is 5.41 Å². The molecule has 0 radical (unpaired) electrons. The Balaban J connectivity index is 2.50. The van der Waals surface area contributed by atoms with Gasteiger partial charge in [-0.3, -0.25) is 4.68 Å². The lowest BCUT2D eigenvalue weighted by Gasteiger charge is -2.19. The first kappa shape index (κ1) is 14.4. The number of nitrogens with zero attached hydrogens (tertiary/aromatic N) is 2. The van der Waals surface area contributed by atoms with Crippen molar-refractivity contribution in [1.29, 1.82) is 0 Å². The second-order valence-corrected chi connectivity index (χ2v) is 6.34. The molecule has 20 heavy (non-hydrogen) atoms. The maximum absolute atomic E-state index is 6.08. The van der Waals surface area contributed by atoms with Crippen LogP contribution in [0.5, 0.6) is 5.75 Å². The van der Waals surface area contributed by atoms with Crippen LogP contribution in [0.3, 0.4) is 0 Å². The average Bonchev–Trinajstić information content (AvgIpc) is 2.68. The SMILES string of the molecule is COc1ccc(CC(C)(C)C)cc1-c1cnn(C)c1N. The summed E-state index contributed by atoms with van der Waals surface area (Å²) in [6.07, 6.45) is 2.79. The molecule has 0 saturated heterocycles. The van der Waals surface area contributed by atoms with E-state index in [1.807, 2.05) is 13.1 Å². The van der Waals surface area contributed by atoms with Crippen LogP contribution in [0.25, 0.3) is 11.1 Å². The van der Waals surface area contributed by atoms with Gasteiger partial charge in [0.1, 0.15) is 11.6 Å². The molecule has 0 amide bonds. The minimum atomic E-state index is 0.242. The van der Waals surface area contributed by atoms with Crippen molar-refractivity contribution < 1.29 is 4.74 Å². The fourth-order valence-corrected chi connectivity index (χ4v) is 2.34. The third-order valence-electron chi connectivity index (χ3n) is 3.27. The van der Waals surface area contributed by atoms with Crippen molar-refractivity contribution in [1.82, 2.24) is 9.78 Å². The predicted molar refractivity (Wildman–Crippen MR) is 82.8 cm³/mol. The van der Waals surface area contributed by atoms with Crippen molar-refractivity contribution in [3.63, 3.8) is 0 Å². The first-order valence-corrected chi connectivity index (χ1v) is 6.76. The van der Waals surface area contributed by atoms with Gasteiger partial charge < -0.3 is 10.5 Å². The monoisotopic (exact) mass is 273 g/mol. The zero-order valence-electron chi connectivity index (χ0n) is 12.9. The Morgan fingerprint density at radius 2 is 1.95 bits per heavy atom. The highest BCUT2D eigenvalue weighted by atomic mass is 16.5. The van der Waals surface area contributed by atoms with E-state index in [9.17, 15) is 0 Å². The van der Waals surface area contributed by atoms with Crippen molar-refractivity contribution in [3.8, 4) is 16.9 Å². The summed E-state index contributed by atoms with van der Waals surface area (Å²) in [7, 11) is 3.51. The minimum Gasteiger partial charge on any atom is -0.496 e. The Hall–Kier alpha value is -1.97. The van der Waals surface area contributed by atoms with E-state index in [-0.39, 0.29) is 5.41 Å². The van der Waals surface area contributed by atoms with E-state index >= 15 is 0 Å². The van der Waals surface area contributed by atoms with Crippen LogP contribution in [0.15, 0.2) is 24.4 Å². The average molecular weight is 273 g/mol. The van der Waals surface area contributed by atoms with Gasteiger partial charge in [0.25, 0.3) is 0 Å². The van der Waals surface area contributed by atoms with Crippen molar-refractivity contribution in [2.75, 3.05) is 12.8 Å². The minimum absolute atomic E-state index is 0.242. The second-order valence-electron chi connectivity index (χ2n) is 6.34. The number of nitrogens with two attached hydrogens (primary N) is 1. The van der Waals surface area contributed by atoms with E-state index in [2.05, 4.69) is 38.0 Å². The van der Waals surface area contributed by atoms with Gasteiger partial charge in [0.2, 0.25) is 0 Å². The van der Waals surface area contributed by atoms with Gasteiger partial charge in [0, 0.05) is 18.2 Å². The van der Waals surface area contributed by atoms with Gasteiger partial charge in [-0.2, -0.15) is 5.10 Å². The smallest absolute Gasteiger partial charge is 0.129 e. The Morgan fingerprint density at radius 1 is 1.25 bits per heavy atom. The van der Waals surface area contributed by atoms with Crippen LogP contribution in [0.4, 0.5) is 5.82 Å². The van der Waals surface area contributed by atoms with E-state index in [1.54, 1.807) is 18.0 Å². The molecule has 2 rings (SSSR count). The second kappa shape index (κ2) is 5.19. The Morgan fingerprint density at radius 3 is 2.45 bits per heavy atom. The van der Waals surface area contributed by atoms with Crippen LogP contribution in [0.1, 0.15) is 26.3 Å². The Kier molecular flexibility index (Phi) is 3.75. The molecule has 0 spiro atoms. The number of ether oxygens (including phenoxy) is 1. The number of rotatable bonds is 3. The van der Waals surface area contributed by atoms with Crippen LogP contribution in [0.2, 0.25) is 0 Å². The number of hydrogen-bond acceptors (Lipinski definition) is 3. The van der Waals surface area contributed by atoms with Gasteiger partial charge in [0.15, 0.2) is 0 Å². The van der Waals surface area contributed by atoms with Crippen molar-refractivity contribution >= 4 is 5.82 Å². The van der Waals surface area contributed by atoms with Gasteiger partial charge in [-0.15, -0.1) is 0 Å². The van der Waals surface area contributed by atoms with E-state index in [4.69, 9.17) is 10.5 Å². The van der Waals surface area contributed by atoms with Crippen molar-refractivity contribution in [2.24, 2.45) is 12.5 Å². The quantitative estimate of drug-likeness (QED) is 0.933. The molecule has 1 aromatic heterocycles. The standard InChI is InChI=1S/C16H23N3O/c1-16(2,3)9-11-6-7-14(20-5)12(8-11)13-10-18-19(4)15(13)17/h6-8,10H,9,17H2,1-5H3. The molecule has 0 unspecified atom stereocenters. The number of anilines is 1. The zero-order chi connectivity index (χ0) is 14.9. The molecule has 108 valence electrons. The van der Waals surface area contributed by atoms with Crippen LogP contribution < -0.4 is 10.5 Å². The molecule has 0 aliphatic heterocycles. The summed E-state index contributed by atoms with van der Waals surface area (Å²) in [5, 5.41) is 4.21. The molecule has 0 fully saturated rings. The lowest BCUT2D eigenvalue weighted by Crippen LogP contribution is -2.09. The largest absolute Gasteiger partial charge is 0.496 e. The number of benzene rings is 1. The van der Waals surface area contributed by atoms with E-state index in [0.717, 1.165) is 23.3 Å². The molecule has 2 aromatic rings. The normalized spacial score (nSPS) is 11.7.